The molecule has 2 aromatic rings. The average molecular weight is 337 g/mol. The molecule has 0 saturated heterocycles. The summed E-state index contributed by atoms with van der Waals surface area (Å²) in [5.74, 6) is 0.00221. The number of fused-ring (bicyclic) bond motifs is 1. The van der Waals surface area contributed by atoms with Crippen LogP contribution in [0.15, 0.2) is 34.9 Å². The first-order valence-electron chi connectivity index (χ1n) is 5.13. The quantitative estimate of drug-likeness (QED) is 0.803. The number of aryl methyl sites for hydroxylation is 1. The molecule has 0 bridgehead atoms. The molecule has 0 saturated carbocycles. The van der Waals surface area contributed by atoms with Crippen LogP contribution < -0.4 is 0 Å². The Balaban J connectivity index is 2.17. The maximum atomic E-state index is 10.8. The van der Waals surface area contributed by atoms with Gasteiger partial charge in [0.2, 0.25) is 9.05 Å². The van der Waals surface area contributed by atoms with Crippen LogP contribution in [0.5, 0.6) is 0 Å². The third-order valence-electron chi connectivity index (χ3n) is 2.55. The third kappa shape index (κ3) is 3.24. The molecule has 0 aliphatic carbocycles. The lowest BCUT2D eigenvalue weighted by molar-refractivity contribution is 0.601. The molecule has 0 spiro atoms. The summed E-state index contributed by atoms with van der Waals surface area (Å²) < 4.78 is 24.7. The maximum Gasteiger partial charge on any atom is 0.232 e. The second-order valence-corrected chi connectivity index (χ2v) is 7.53. The highest BCUT2D eigenvalue weighted by Crippen LogP contribution is 2.24. The molecule has 3 nitrogen and oxygen atoms in total. The molecule has 0 fully saturated rings. The SMILES string of the molecule is O=S(=O)(Cl)CCCn1ccc2c(Br)cccc21. The maximum absolute atomic E-state index is 10.8. The van der Waals surface area contributed by atoms with E-state index in [0.717, 1.165) is 15.4 Å². The highest BCUT2D eigenvalue weighted by atomic mass is 79.9. The first-order valence-corrected chi connectivity index (χ1v) is 8.40. The summed E-state index contributed by atoms with van der Waals surface area (Å²) in [7, 11) is 1.78. The van der Waals surface area contributed by atoms with Gasteiger partial charge in [-0.3, -0.25) is 0 Å². The van der Waals surface area contributed by atoms with Crippen LogP contribution in [0, 0.1) is 0 Å². The minimum Gasteiger partial charge on any atom is -0.347 e. The topological polar surface area (TPSA) is 39.1 Å². The number of rotatable bonds is 4. The lowest BCUT2D eigenvalue weighted by atomic mass is 10.2. The van der Waals surface area contributed by atoms with Crippen LogP contribution >= 0.6 is 26.6 Å². The van der Waals surface area contributed by atoms with Crippen LogP contribution in [0.1, 0.15) is 6.42 Å². The molecule has 0 unspecified atom stereocenters. The van der Waals surface area contributed by atoms with Crippen molar-refractivity contribution in [2.45, 2.75) is 13.0 Å². The molecule has 2 rings (SSSR count). The summed E-state index contributed by atoms with van der Waals surface area (Å²) in [5.41, 5.74) is 1.09. The highest BCUT2D eigenvalue weighted by molar-refractivity contribution is 9.10. The third-order valence-corrected chi connectivity index (χ3v) is 4.48. The van der Waals surface area contributed by atoms with Crippen LogP contribution in [0.25, 0.3) is 10.9 Å². The Labute approximate surface area is 113 Å². The van der Waals surface area contributed by atoms with Gasteiger partial charge < -0.3 is 4.57 Å². The van der Waals surface area contributed by atoms with Gasteiger partial charge in [0.1, 0.15) is 0 Å². The zero-order chi connectivity index (χ0) is 12.5. The Bertz CT molecular complexity index is 636. The molecular formula is C11H11BrClNO2S. The predicted octanol–water partition coefficient (Wildman–Crippen LogP) is 3.36. The van der Waals surface area contributed by atoms with Gasteiger partial charge in [-0.15, -0.1) is 0 Å². The average Bonchev–Trinajstić information content (AvgIpc) is 2.61. The monoisotopic (exact) mass is 335 g/mol. The lowest BCUT2D eigenvalue weighted by Gasteiger charge is -2.04. The van der Waals surface area contributed by atoms with Gasteiger partial charge in [-0.2, -0.15) is 0 Å². The van der Waals surface area contributed by atoms with Crippen molar-refractivity contribution < 1.29 is 8.42 Å². The van der Waals surface area contributed by atoms with Crippen LogP contribution in [0.3, 0.4) is 0 Å². The molecule has 0 amide bonds. The van der Waals surface area contributed by atoms with Gasteiger partial charge in [0, 0.05) is 38.8 Å². The predicted molar refractivity (Wildman–Crippen MR) is 73.9 cm³/mol. The fourth-order valence-corrected chi connectivity index (χ4v) is 3.08. The minimum absolute atomic E-state index is 0.00221. The molecule has 0 radical (unpaired) electrons. The second-order valence-electron chi connectivity index (χ2n) is 3.78. The summed E-state index contributed by atoms with van der Waals surface area (Å²) in [6.07, 6.45) is 2.47. The van der Waals surface area contributed by atoms with Gasteiger partial charge in [0.25, 0.3) is 0 Å². The molecule has 0 aliphatic heterocycles. The van der Waals surface area contributed by atoms with Crippen molar-refractivity contribution >= 4 is 46.6 Å². The molecule has 92 valence electrons. The zero-order valence-electron chi connectivity index (χ0n) is 8.94. The fourth-order valence-electron chi connectivity index (χ4n) is 1.79. The van der Waals surface area contributed by atoms with E-state index in [1.807, 2.05) is 35.0 Å². The molecule has 0 atom stereocenters. The van der Waals surface area contributed by atoms with E-state index in [1.54, 1.807) is 0 Å². The smallest absolute Gasteiger partial charge is 0.232 e. The Hall–Kier alpha value is -0.520. The van der Waals surface area contributed by atoms with Crippen molar-refractivity contribution in [1.82, 2.24) is 4.57 Å². The molecule has 1 heterocycles. The first-order chi connectivity index (χ1) is 7.97. The molecule has 17 heavy (non-hydrogen) atoms. The summed E-state index contributed by atoms with van der Waals surface area (Å²) >= 11 is 3.48. The van der Waals surface area contributed by atoms with E-state index >= 15 is 0 Å². The van der Waals surface area contributed by atoms with E-state index in [9.17, 15) is 8.42 Å². The van der Waals surface area contributed by atoms with Crippen molar-refractivity contribution in [3.05, 3.63) is 34.9 Å². The van der Waals surface area contributed by atoms with Gasteiger partial charge in [-0.05, 0) is 24.6 Å². The van der Waals surface area contributed by atoms with Crippen LogP contribution in [0.2, 0.25) is 0 Å². The molecule has 1 aromatic heterocycles. The van der Waals surface area contributed by atoms with Crippen molar-refractivity contribution in [3.63, 3.8) is 0 Å². The number of halogens is 2. The Kier molecular flexibility index (Phi) is 3.80. The Morgan fingerprint density at radius 1 is 1.29 bits per heavy atom. The van der Waals surface area contributed by atoms with E-state index in [1.165, 1.54) is 0 Å². The number of hydrogen-bond acceptors (Lipinski definition) is 2. The normalized spacial score (nSPS) is 12.1. The van der Waals surface area contributed by atoms with Crippen LogP contribution in [0.4, 0.5) is 0 Å². The summed E-state index contributed by atoms with van der Waals surface area (Å²) in [4.78, 5) is 0. The van der Waals surface area contributed by atoms with Crippen molar-refractivity contribution in [2.75, 3.05) is 5.75 Å². The van der Waals surface area contributed by atoms with Gasteiger partial charge in [0.15, 0.2) is 0 Å². The fraction of sp³-hybridized carbons (Fsp3) is 0.273. The van der Waals surface area contributed by atoms with Gasteiger partial charge >= 0.3 is 0 Å². The first kappa shape index (κ1) is 12.9. The number of nitrogens with zero attached hydrogens (tertiary/aromatic N) is 1. The zero-order valence-corrected chi connectivity index (χ0v) is 12.1. The van der Waals surface area contributed by atoms with E-state index in [0.29, 0.717) is 13.0 Å². The number of benzene rings is 1. The van der Waals surface area contributed by atoms with Crippen molar-refractivity contribution in [2.24, 2.45) is 0 Å². The van der Waals surface area contributed by atoms with Gasteiger partial charge in [-0.25, -0.2) is 8.42 Å². The second kappa shape index (κ2) is 5.00. The van der Waals surface area contributed by atoms with Crippen LogP contribution in [-0.4, -0.2) is 18.7 Å². The lowest BCUT2D eigenvalue weighted by Crippen LogP contribution is -2.03. The van der Waals surface area contributed by atoms with Gasteiger partial charge in [-0.1, -0.05) is 22.0 Å². The minimum atomic E-state index is -3.39. The molecular weight excluding hydrogens is 326 g/mol. The van der Waals surface area contributed by atoms with Crippen molar-refractivity contribution in [1.29, 1.82) is 0 Å². The Morgan fingerprint density at radius 2 is 2.06 bits per heavy atom. The van der Waals surface area contributed by atoms with E-state index < -0.39 is 9.05 Å². The summed E-state index contributed by atoms with van der Waals surface area (Å²) in [6, 6.07) is 7.96. The largest absolute Gasteiger partial charge is 0.347 e. The summed E-state index contributed by atoms with van der Waals surface area (Å²) in [6.45, 7) is 0.645. The molecule has 0 N–H and O–H groups in total. The Morgan fingerprint density at radius 3 is 2.76 bits per heavy atom. The van der Waals surface area contributed by atoms with Gasteiger partial charge in [0.05, 0.1) is 5.75 Å². The molecule has 1 aromatic carbocycles. The van der Waals surface area contributed by atoms with Crippen LogP contribution in [-0.2, 0) is 15.6 Å². The number of hydrogen-bond donors (Lipinski definition) is 0. The number of aromatic nitrogens is 1. The molecule has 0 aliphatic rings. The van der Waals surface area contributed by atoms with Crippen molar-refractivity contribution in [3.8, 4) is 0 Å². The highest BCUT2D eigenvalue weighted by Gasteiger charge is 2.07. The standard InChI is InChI=1S/C11H11BrClNO2S/c12-10-3-1-4-11-9(10)5-7-14(11)6-2-8-17(13,15)16/h1,3-5,7H,2,6,8H2. The van der Waals surface area contributed by atoms with E-state index in [-0.39, 0.29) is 5.75 Å². The van der Waals surface area contributed by atoms with E-state index in [4.69, 9.17) is 10.7 Å². The molecule has 6 heteroatoms. The summed E-state index contributed by atoms with van der Waals surface area (Å²) in [5, 5.41) is 1.13. The van der Waals surface area contributed by atoms with E-state index in [2.05, 4.69) is 15.9 Å².